The molecule has 0 N–H and O–H groups in total. The summed E-state index contributed by atoms with van der Waals surface area (Å²) in [6, 6.07) is 3.68. The highest BCUT2D eigenvalue weighted by molar-refractivity contribution is 6.30. The average molecular weight is 192 g/mol. The van der Waals surface area contributed by atoms with E-state index in [0.717, 1.165) is 10.7 Å². The van der Waals surface area contributed by atoms with Crippen molar-refractivity contribution in [3.63, 3.8) is 0 Å². The number of aromatic nitrogens is 1. The lowest BCUT2D eigenvalue weighted by atomic mass is 10.1. The maximum atomic E-state index is 5.75. The van der Waals surface area contributed by atoms with E-state index in [4.69, 9.17) is 11.6 Å². The third kappa shape index (κ3) is 3.08. The van der Waals surface area contributed by atoms with Crippen molar-refractivity contribution in [1.82, 2.24) is 4.98 Å². The molecule has 1 aromatic heterocycles. The molecule has 0 amide bonds. The zero-order valence-corrected chi connectivity index (χ0v) is 8.12. The Morgan fingerprint density at radius 2 is 2.09 bits per heavy atom. The van der Waals surface area contributed by atoms with Crippen molar-refractivity contribution in [2.45, 2.75) is 19.8 Å². The van der Waals surface area contributed by atoms with Gasteiger partial charge >= 0.3 is 0 Å². The summed E-state index contributed by atoms with van der Waals surface area (Å²) in [6.07, 6.45) is 1.73. The first-order valence-corrected chi connectivity index (χ1v) is 3.69. The van der Waals surface area contributed by atoms with Gasteiger partial charge < -0.3 is 0 Å². The molecule has 0 fully saturated rings. The van der Waals surface area contributed by atoms with E-state index in [1.165, 1.54) is 0 Å². The summed E-state index contributed by atoms with van der Waals surface area (Å²) < 4.78 is 0. The Hall–Kier alpha value is -0.270. The number of pyridine rings is 1. The minimum atomic E-state index is 0. The maximum Gasteiger partial charge on any atom is 0.0443 e. The van der Waals surface area contributed by atoms with Crippen LogP contribution < -0.4 is 0 Å². The van der Waals surface area contributed by atoms with Crippen LogP contribution in [-0.4, -0.2) is 4.98 Å². The van der Waals surface area contributed by atoms with E-state index in [2.05, 4.69) is 18.8 Å². The van der Waals surface area contributed by atoms with Crippen LogP contribution in [0.15, 0.2) is 18.3 Å². The molecule has 0 bridgehead atoms. The van der Waals surface area contributed by atoms with E-state index in [1.54, 1.807) is 12.3 Å². The molecule has 0 aliphatic rings. The lowest BCUT2D eigenvalue weighted by Crippen LogP contribution is -1.90. The van der Waals surface area contributed by atoms with E-state index in [9.17, 15) is 0 Å². The summed E-state index contributed by atoms with van der Waals surface area (Å²) in [5, 5.41) is 0.763. The zero-order valence-electron chi connectivity index (χ0n) is 6.54. The van der Waals surface area contributed by atoms with Crippen LogP contribution in [0.5, 0.6) is 0 Å². The molecule has 1 rings (SSSR count). The van der Waals surface area contributed by atoms with Crippen molar-refractivity contribution in [3.8, 4) is 0 Å². The standard InChI is InChI=1S/C8H10ClN.ClH/c1-6(2)8-5-7(9)3-4-10-8;/h3-6H,1-2H3;1H. The molecular formula is C8H11Cl2N. The molecule has 62 valence electrons. The van der Waals surface area contributed by atoms with E-state index < -0.39 is 0 Å². The Balaban J connectivity index is 0.000001000. The van der Waals surface area contributed by atoms with Gasteiger partial charge in [0.05, 0.1) is 0 Å². The van der Waals surface area contributed by atoms with E-state index in [-0.39, 0.29) is 12.4 Å². The van der Waals surface area contributed by atoms with Crippen molar-refractivity contribution >= 4 is 24.0 Å². The highest BCUT2D eigenvalue weighted by Gasteiger charge is 1.98. The smallest absolute Gasteiger partial charge is 0.0443 e. The molecule has 0 aliphatic carbocycles. The van der Waals surface area contributed by atoms with Crippen LogP contribution in [0.4, 0.5) is 0 Å². The van der Waals surface area contributed by atoms with Crippen molar-refractivity contribution < 1.29 is 0 Å². The van der Waals surface area contributed by atoms with Crippen LogP contribution in [0.3, 0.4) is 0 Å². The lowest BCUT2D eigenvalue weighted by molar-refractivity contribution is 0.823. The predicted octanol–water partition coefficient (Wildman–Crippen LogP) is 3.28. The van der Waals surface area contributed by atoms with Crippen molar-refractivity contribution in [3.05, 3.63) is 29.0 Å². The van der Waals surface area contributed by atoms with Gasteiger partial charge in [0, 0.05) is 16.9 Å². The summed E-state index contributed by atoms with van der Waals surface area (Å²) in [6.45, 7) is 4.19. The Morgan fingerprint density at radius 3 is 2.45 bits per heavy atom. The van der Waals surface area contributed by atoms with Gasteiger partial charge in [-0.15, -0.1) is 12.4 Å². The van der Waals surface area contributed by atoms with Gasteiger partial charge in [-0.1, -0.05) is 25.4 Å². The van der Waals surface area contributed by atoms with Gasteiger partial charge in [-0.2, -0.15) is 0 Å². The molecule has 1 nitrogen and oxygen atoms in total. The van der Waals surface area contributed by atoms with Crippen LogP contribution in [0.1, 0.15) is 25.5 Å². The second-order valence-corrected chi connectivity index (χ2v) is 2.99. The van der Waals surface area contributed by atoms with Crippen LogP contribution in [-0.2, 0) is 0 Å². The Morgan fingerprint density at radius 1 is 1.45 bits per heavy atom. The van der Waals surface area contributed by atoms with Gasteiger partial charge in [0.1, 0.15) is 0 Å². The number of nitrogens with zero attached hydrogens (tertiary/aromatic N) is 1. The quantitative estimate of drug-likeness (QED) is 0.665. The Bertz CT molecular complexity index is 223. The van der Waals surface area contributed by atoms with E-state index in [0.29, 0.717) is 5.92 Å². The predicted molar refractivity (Wildman–Crippen MR) is 50.6 cm³/mol. The van der Waals surface area contributed by atoms with Crippen LogP contribution in [0.2, 0.25) is 5.02 Å². The second kappa shape index (κ2) is 4.58. The van der Waals surface area contributed by atoms with Crippen LogP contribution in [0, 0.1) is 0 Å². The highest BCUT2D eigenvalue weighted by Crippen LogP contribution is 2.15. The number of halogens is 2. The van der Waals surface area contributed by atoms with Gasteiger partial charge in [-0.25, -0.2) is 0 Å². The lowest BCUT2D eigenvalue weighted by Gasteiger charge is -2.02. The fourth-order valence-corrected chi connectivity index (χ4v) is 0.905. The summed E-state index contributed by atoms with van der Waals surface area (Å²) in [4.78, 5) is 4.15. The molecule has 1 heterocycles. The number of hydrogen-bond acceptors (Lipinski definition) is 1. The fourth-order valence-electron chi connectivity index (χ4n) is 0.737. The van der Waals surface area contributed by atoms with Gasteiger partial charge in [0.25, 0.3) is 0 Å². The fraction of sp³-hybridized carbons (Fsp3) is 0.375. The van der Waals surface area contributed by atoms with E-state index >= 15 is 0 Å². The highest BCUT2D eigenvalue weighted by atomic mass is 35.5. The first-order chi connectivity index (χ1) is 4.70. The summed E-state index contributed by atoms with van der Waals surface area (Å²) in [5.41, 5.74) is 1.05. The third-order valence-electron chi connectivity index (χ3n) is 1.33. The molecule has 1 aromatic rings. The molecule has 0 spiro atoms. The van der Waals surface area contributed by atoms with Crippen LogP contribution >= 0.6 is 24.0 Å². The monoisotopic (exact) mass is 191 g/mol. The van der Waals surface area contributed by atoms with Gasteiger partial charge in [0.15, 0.2) is 0 Å². The molecule has 0 saturated heterocycles. The molecular weight excluding hydrogens is 181 g/mol. The minimum Gasteiger partial charge on any atom is -0.261 e. The normalized spacial score (nSPS) is 9.45. The average Bonchev–Trinajstić information content (AvgIpc) is 1.88. The second-order valence-electron chi connectivity index (χ2n) is 2.55. The maximum absolute atomic E-state index is 5.75. The molecule has 0 saturated carbocycles. The third-order valence-corrected chi connectivity index (χ3v) is 1.57. The topological polar surface area (TPSA) is 12.9 Å². The molecule has 0 aliphatic heterocycles. The SMILES string of the molecule is CC(C)c1cc(Cl)ccn1.Cl. The summed E-state index contributed by atoms with van der Waals surface area (Å²) >= 11 is 5.75. The number of rotatable bonds is 1. The molecule has 0 aromatic carbocycles. The summed E-state index contributed by atoms with van der Waals surface area (Å²) in [7, 11) is 0. The van der Waals surface area contributed by atoms with Crippen molar-refractivity contribution in [1.29, 1.82) is 0 Å². The molecule has 0 atom stereocenters. The first kappa shape index (κ1) is 10.7. The van der Waals surface area contributed by atoms with Gasteiger partial charge in [-0.05, 0) is 18.1 Å². The largest absolute Gasteiger partial charge is 0.261 e. The zero-order chi connectivity index (χ0) is 7.56. The minimum absolute atomic E-state index is 0. The summed E-state index contributed by atoms with van der Waals surface area (Å²) in [5.74, 6) is 0.457. The van der Waals surface area contributed by atoms with Gasteiger partial charge in [0.2, 0.25) is 0 Å². The van der Waals surface area contributed by atoms with E-state index in [1.807, 2.05) is 6.07 Å². The Kier molecular flexibility index (Phi) is 4.46. The van der Waals surface area contributed by atoms with Gasteiger partial charge in [-0.3, -0.25) is 4.98 Å². The molecule has 0 unspecified atom stereocenters. The molecule has 3 heteroatoms. The van der Waals surface area contributed by atoms with Crippen molar-refractivity contribution in [2.75, 3.05) is 0 Å². The van der Waals surface area contributed by atoms with Crippen LogP contribution in [0.25, 0.3) is 0 Å². The molecule has 0 radical (unpaired) electrons. The van der Waals surface area contributed by atoms with Crippen molar-refractivity contribution in [2.24, 2.45) is 0 Å². The first-order valence-electron chi connectivity index (χ1n) is 3.31. The number of hydrogen-bond donors (Lipinski definition) is 0. The molecule has 11 heavy (non-hydrogen) atoms. The Labute approximate surface area is 78.2 Å².